The summed E-state index contributed by atoms with van der Waals surface area (Å²) in [7, 11) is 0. The van der Waals surface area contributed by atoms with Crippen molar-refractivity contribution in [2.24, 2.45) is 0 Å². The largest absolute Gasteiger partial charge is 0.355 e. The van der Waals surface area contributed by atoms with Gasteiger partial charge in [-0.3, -0.25) is 9.78 Å². The number of pyridine rings is 1. The highest BCUT2D eigenvalue weighted by Gasteiger charge is 2.27. The van der Waals surface area contributed by atoms with Gasteiger partial charge in [0.1, 0.15) is 0 Å². The van der Waals surface area contributed by atoms with Gasteiger partial charge in [0.15, 0.2) is 0 Å². The van der Waals surface area contributed by atoms with Crippen LogP contribution in [-0.2, 0) is 6.54 Å². The number of nitrogens with one attached hydrogen (secondary N) is 1. The first-order valence-corrected chi connectivity index (χ1v) is 9.04. The lowest BCUT2D eigenvalue weighted by Gasteiger charge is -2.34. The molecule has 1 fully saturated rings. The van der Waals surface area contributed by atoms with Crippen LogP contribution in [0.1, 0.15) is 55.1 Å². The molecule has 0 spiro atoms. The average Bonchev–Trinajstić information content (AvgIpc) is 2.68. The Morgan fingerprint density at radius 2 is 1.92 bits per heavy atom. The summed E-state index contributed by atoms with van der Waals surface area (Å²) >= 11 is 0. The van der Waals surface area contributed by atoms with Gasteiger partial charge in [0.25, 0.3) is 5.91 Å². The molecule has 1 saturated carbocycles. The number of amides is 1. The fourth-order valence-electron chi connectivity index (χ4n) is 3.28. The van der Waals surface area contributed by atoms with Gasteiger partial charge in [0, 0.05) is 31.2 Å². The molecule has 0 saturated heterocycles. The highest BCUT2D eigenvalue weighted by molar-refractivity contribution is 5.93. The molecule has 6 heteroatoms. The van der Waals surface area contributed by atoms with Crippen LogP contribution in [-0.4, -0.2) is 38.3 Å². The van der Waals surface area contributed by atoms with Crippen LogP contribution in [0, 0.1) is 0 Å². The molecule has 0 aliphatic heterocycles. The highest BCUT2D eigenvalue weighted by Crippen LogP contribution is 2.25. The SMILES string of the molecule is CCNc1ncc(C(=O)N(Cc2ccccn2)C2CCCCC2)cn1. The third-order valence-corrected chi connectivity index (χ3v) is 4.57. The number of rotatable bonds is 6. The molecule has 1 aliphatic carbocycles. The van der Waals surface area contributed by atoms with Crippen molar-refractivity contribution in [3.05, 3.63) is 48.0 Å². The van der Waals surface area contributed by atoms with Gasteiger partial charge in [0.05, 0.1) is 17.8 Å². The normalized spacial score (nSPS) is 14.9. The Hall–Kier alpha value is -2.50. The molecule has 1 aliphatic rings. The standard InChI is InChI=1S/C19H25N5O/c1-2-20-19-22-12-15(13-23-19)18(25)24(17-9-4-3-5-10-17)14-16-8-6-7-11-21-16/h6-8,11-13,17H,2-5,9-10,14H2,1H3,(H,20,22,23). The first kappa shape index (κ1) is 17.3. The van der Waals surface area contributed by atoms with Gasteiger partial charge >= 0.3 is 0 Å². The second kappa shape index (κ2) is 8.55. The fraction of sp³-hybridized carbons (Fsp3) is 0.474. The minimum absolute atomic E-state index is 0.0133. The first-order valence-electron chi connectivity index (χ1n) is 9.04. The molecule has 2 aromatic rings. The average molecular weight is 339 g/mol. The molecule has 0 unspecified atom stereocenters. The molecule has 0 aromatic carbocycles. The molecule has 25 heavy (non-hydrogen) atoms. The molecule has 1 N–H and O–H groups in total. The number of carbonyl (C=O) groups excluding carboxylic acids is 1. The summed E-state index contributed by atoms with van der Waals surface area (Å²) in [6.07, 6.45) is 10.7. The zero-order valence-corrected chi connectivity index (χ0v) is 14.7. The van der Waals surface area contributed by atoms with E-state index in [0.717, 1.165) is 25.1 Å². The third kappa shape index (κ3) is 4.53. The molecule has 0 bridgehead atoms. The Balaban J connectivity index is 1.80. The van der Waals surface area contributed by atoms with Crippen molar-refractivity contribution in [3.8, 4) is 0 Å². The molecule has 3 rings (SSSR count). The van der Waals surface area contributed by atoms with Gasteiger partial charge in [-0.15, -0.1) is 0 Å². The zero-order valence-electron chi connectivity index (χ0n) is 14.7. The monoisotopic (exact) mass is 339 g/mol. The number of hydrogen-bond acceptors (Lipinski definition) is 5. The van der Waals surface area contributed by atoms with E-state index >= 15 is 0 Å². The van der Waals surface area contributed by atoms with E-state index in [1.807, 2.05) is 30.0 Å². The van der Waals surface area contributed by atoms with E-state index in [1.165, 1.54) is 19.3 Å². The maximum Gasteiger partial charge on any atom is 0.257 e. The van der Waals surface area contributed by atoms with Crippen LogP contribution >= 0.6 is 0 Å². The van der Waals surface area contributed by atoms with E-state index < -0.39 is 0 Å². The third-order valence-electron chi connectivity index (χ3n) is 4.57. The van der Waals surface area contributed by atoms with Crippen LogP contribution in [0.3, 0.4) is 0 Å². The number of carbonyl (C=O) groups is 1. The highest BCUT2D eigenvalue weighted by atomic mass is 16.2. The summed E-state index contributed by atoms with van der Waals surface area (Å²) in [5, 5.41) is 3.05. The summed E-state index contributed by atoms with van der Waals surface area (Å²) in [6, 6.07) is 6.08. The van der Waals surface area contributed by atoms with E-state index in [2.05, 4.69) is 20.3 Å². The van der Waals surface area contributed by atoms with Crippen molar-refractivity contribution < 1.29 is 4.79 Å². The second-order valence-corrected chi connectivity index (χ2v) is 6.37. The van der Waals surface area contributed by atoms with E-state index in [4.69, 9.17) is 0 Å². The maximum absolute atomic E-state index is 13.1. The summed E-state index contributed by atoms with van der Waals surface area (Å²) in [5.41, 5.74) is 1.44. The minimum Gasteiger partial charge on any atom is -0.355 e. The Kier molecular flexibility index (Phi) is 5.93. The molecular weight excluding hydrogens is 314 g/mol. The van der Waals surface area contributed by atoms with Gasteiger partial charge in [-0.25, -0.2) is 9.97 Å². The Morgan fingerprint density at radius 3 is 2.56 bits per heavy atom. The molecule has 0 radical (unpaired) electrons. The van der Waals surface area contributed by atoms with Crippen LogP contribution in [0.4, 0.5) is 5.95 Å². The predicted octanol–water partition coefficient (Wildman–Crippen LogP) is 3.28. The van der Waals surface area contributed by atoms with E-state index in [0.29, 0.717) is 18.1 Å². The molecule has 2 aromatic heterocycles. The Bertz CT molecular complexity index is 668. The lowest BCUT2D eigenvalue weighted by molar-refractivity contribution is 0.0610. The fourth-order valence-corrected chi connectivity index (χ4v) is 3.28. The summed E-state index contributed by atoms with van der Waals surface area (Å²) in [4.78, 5) is 27.9. The molecular formula is C19H25N5O. The van der Waals surface area contributed by atoms with E-state index in [-0.39, 0.29) is 11.9 Å². The zero-order chi connectivity index (χ0) is 17.5. The van der Waals surface area contributed by atoms with Crippen molar-refractivity contribution in [3.63, 3.8) is 0 Å². The first-order chi connectivity index (χ1) is 12.3. The van der Waals surface area contributed by atoms with Crippen LogP contribution < -0.4 is 5.32 Å². The topological polar surface area (TPSA) is 71.0 Å². The van der Waals surface area contributed by atoms with Crippen molar-refractivity contribution in [2.75, 3.05) is 11.9 Å². The number of hydrogen-bond donors (Lipinski definition) is 1. The predicted molar refractivity (Wildman–Crippen MR) is 97.2 cm³/mol. The molecule has 0 atom stereocenters. The molecule has 132 valence electrons. The summed E-state index contributed by atoms with van der Waals surface area (Å²) < 4.78 is 0. The van der Waals surface area contributed by atoms with Gasteiger partial charge in [-0.2, -0.15) is 0 Å². The van der Waals surface area contributed by atoms with Gasteiger partial charge in [0.2, 0.25) is 5.95 Å². The summed E-state index contributed by atoms with van der Waals surface area (Å²) in [6.45, 7) is 3.26. The number of anilines is 1. The van der Waals surface area contributed by atoms with Gasteiger partial charge in [-0.05, 0) is 31.9 Å². The van der Waals surface area contributed by atoms with Crippen molar-refractivity contribution in [1.82, 2.24) is 19.9 Å². The lowest BCUT2D eigenvalue weighted by Crippen LogP contribution is -2.41. The van der Waals surface area contributed by atoms with Crippen molar-refractivity contribution in [2.45, 2.75) is 51.6 Å². The lowest BCUT2D eigenvalue weighted by atomic mass is 9.93. The van der Waals surface area contributed by atoms with Crippen LogP contribution in [0.25, 0.3) is 0 Å². The Morgan fingerprint density at radius 1 is 1.16 bits per heavy atom. The number of nitrogens with zero attached hydrogens (tertiary/aromatic N) is 4. The molecule has 6 nitrogen and oxygen atoms in total. The van der Waals surface area contributed by atoms with Crippen LogP contribution in [0.15, 0.2) is 36.8 Å². The number of aromatic nitrogens is 3. The Labute approximate surface area is 148 Å². The van der Waals surface area contributed by atoms with Gasteiger partial charge in [-0.1, -0.05) is 25.3 Å². The van der Waals surface area contributed by atoms with Crippen LogP contribution in [0.5, 0.6) is 0 Å². The van der Waals surface area contributed by atoms with Crippen molar-refractivity contribution >= 4 is 11.9 Å². The smallest absolute Gasteiger partial charge is 0.257 e. The minimum atomic E-state index is -0.0133. The molecule has 2 heterocycles. The summed E-state index contributed by atoms with van der Waals surface area (Å²) in [5.74, 6) is 0.536. The second-order valence-electron chi connectivity index (χ2n) is 6.37. The van der Waals surface area contributed by atoms with E-state index in [9.17, 15) is 4.79 Å². The van der Waals surface area contributed by atoms with Crippen molar-refractivity contribution in [1.29, 1.82) is 0 Å². The van der Waals surface area contributed by atoms with Gasteiger partial charge < -0.3 is 10.2 Å². The van der Waals surface area contributed by atoms with E-state index in [1.54, 1.807) is 18.6 Å². The maximum atomic E-state index is 13.1. The molecule has 1 amide bonds. The van der Waals surface area contributed by atoms with Crippen LogP contribution in [0.2, 0.25) is 0 Å². The quantitative estimate of drug-likeness (QED) is 0.874.